The predicted molar refractivity (Wildman–Crippen MR) is 331 cm³/mol. The number of carbonyl (C=O) groups is 2. The highest BCUT2D eigenvalue weighted by Crippen LogP contribution is 2.50. The molecule has 5 aliphatic rings. The number of nitriles is 2. The van der Waals surface area contributed by atoms with Crippen LogP contribution in [-0.2, 0) is 35.5 Å². The van der Waals surface area contributed by atoms with Crippen molar-refractivity contribution < 1.29 is 49.8 Å². The van der Waals surface area contributed by atoms with E-state index in [2.05, 4.69) is 54.3 Å². The van der Waals surface area contributed by atoms with Gasteiger partial charge in [-0.1, -0.05) is 66.7 Å². The molecule has 7 heterocycles. The van der Waals surface area contributed by atoms with Crippen LogP contribution in [-0.4, -0.2) is 162 Å². The summed E-state index contributed by atoms with van der Waals surface area (Å²) >= 11 is 13.7. The number of anilines is 4. The molecule has 27 heteroatoms. The fraction of sp³-hybridized carbons (Fsp3) is 0.438. The predicted octanol–water partition coefficient (Wildman–Crippen LogP) is 10.3. The van der Waals surface area contributed by atoms with E-state index in [1.54, 1.807) is 12.1 Å². The van der Waals surface area contributed by atoms with E-state index in [-0.39, 0.29) is 119 Å². The number of aromatic nitrogens is 4. The van der Waals surface area contributed by atoms with Crippen molar-refractivity contribution in [3.05, 3.63) is 129 Å². The van der Waals surface area contributed by atoms with Crippen molar-refractivity contribution in [1.82, 2.24) is 40.0 Å². The Kier molecular flexibility index (Phi) is 18.5. The molecule has 4 aromatic carbocycles. The number of likely N-dealkylation sites (N-methyl/N-ethyl adjacent to an activating group) is 1. The van der Waals surface area contributed by atoms with E-state index in [1.165, 1.54) is 21.9 Å². The van der Waals surface area contributed by atoms with Crippen LogP contribution in [0.1, 0.15) is 67.1 Å². The van der Waals surface area contributed by atoms with Gasteiger partial charge in [-0.3, -0.25) is 14.5 Å². The number of likely N-dealkylation sites (tertiary alicyclic amines) is 1. The molecule has 6 aromatic rings. The standard InChI is InChI=1S/C64H65Cl2F7N14O4/c1-36(67)59(88)86-26-24-84(30-39(86)15-19-74)57-44-18-23-83(33-49(44)77-61(79-57)90-28-21-76-35-64(71,72)73)52-14-11-42(43-10-13-48(70)56(66)54(43)52)46-29-41(81(5)63(46,3)4)34-91-62-78-50-32-82(51-8-6-7-38-9-12-47(69)55(65)53(38)51)22-17-45(50)58(80-62)85-25-27-87(60(89)37(2)68)40(31-85)16-20-75/h6-14,39-41,46,76H,1-2,15-18,21-35H2,3-5H3/t39-,40-,41?,46?/m0/s1. The van der Waals surface area contributed by atoms with Crippen molar-refractivity contribution in [2.24, 2.45) is 0 Å². The number of amides is 2. The molecule has 11 rings (SSSR count). The van der Waals surface area contributed by atoms with Gasteiger partial charge in [0.15, 0.2) is 11.7 Å². The second kappa shape index (κ2) is 26.2. The lowest BCUT2D eigenvalue weighted by Crippen LogP contribution is -2.55. The molecule has 2 unspecified atom stereocenters. The van der Waals surface area contributed by atoms with Gasteiger partial charge in [0.05, 0.1) is 78.1 Å². The van der Waals surface area contributed by atoms with Crippen LogP contribution in [0.2, 0.25) is 10.0 Å². The van der Waals surface area contributed by atoms with Crippen LogP contribution in [0.3, 0.4) is 0 Å². The number of fused-ring (bicyclic) bond motifs is 4. The monoisotopic (exact) mass is 1300 g/mol. The van der Waals surface area contributed by atoms with Gasteiger partial charge in [-0.15, -0.1) is 0 Å². The van der Waals surface area contributed by atoms with Gasteiger partial charge in [0.2, 0.25) is 0 Å². The van der Waals surface area contributed by atoms with E-state index >= 15 is 8.78 Å². The summed E-state index contributed by atoms with van der Waals surface area (Å²) in [7, 11) is 2.01. The number of alkyl halides is 3. The third kappa shape index (κ3) is 12.9. The number of halogens is 9. The minimum Gasteiger partial charge on any atom is -0.462 e. The van der Waals surface area contributed by atoms with Crippen molar-refractivity contribution in [3.8, 4) is 24.2 Å². The number of nitrogens with zero attached hydrogens (tertiary/aromatic N) is 13. The first kappa shape index (κ1) is 64.3. The highest BCUT2D eigenvalue weighted by molar-refractivity contribution is 6.37. The van der Waals surface area contributed by atoms with Gasteiger partial charge in [-0.25, -0.2) is 17.6 Å². The van der Waals surface area contributed by atoms with E-state index in [0.29, 0.717) is 77.2 Å². The summed E-state index contributed by atoms with van der Waals surface area (Å²) in [5.74, 6) is -4.45. The van der Waals surface area contributed by atoms with Crippen molar-refractivity contribution >= 4 is 79.6 Å². The van der Waals surface area contributed by atoms with Crippen LogP contribution in [0, 0.1) is 34.3 Å². The third-order valence-corrected chi connectivity index (χ3v) is 19.1. The molecule has 0 bridgehead atoms. The zero-order valence-corrected chi connectivity index (χ0v) is 51.7. The first-order valence-electron chi connectivity index (χ1n) is 29.8. The molecule has 478 valence electrons. The largest absolute Gasteiger partial charge is 0.462 e. The molecule has 3 saturated heterocycles. The first-order valence-corrected chi connectivity index (χ1v) is 30.6. The van der Waals surface area contributed by atoms with Gasteiger partial charge in [0.1, 0.15) is 36.5 Å². The highest BCUT2D eigenvalue weighted by Gasteiger charge is 2.47. The molecule has 3 fully saturated rings. The summed E-state index contributed by atoms with van der Waals surface area (Å²) in [6.45, 7) is 11.2. The average molecular weight is 1300 g/mol. The molecule has 5 aliphatic heterocycles. The Morgan fingerprint density at radius 3 is 1.79 bits per heavy atom. The number of piperazine rings is 2. The van der Waals surface area contributed by atoms with Crippen LogP contribution >= 0.6 is 23.2 Å². The first-order chi connectivity index (χ1) is 43.5. The number of ether oxygens (including phenoxy) is 2. The molecule has 2 aromatic heterocycles. The average Bonchev–Trinajstić information content (AvgIpc) is 1.75. The lowest BCUT2D eigenvalue weighted by molar-refractivity contribution is -0.132. The van der Waals surface area contributed by atoms with Crippen LogP contribution in [0.5, 0.6) is 12.0 Å². The molecular formula is C64H65Cl2F7N14O4. The number of hydrogen-bond donors (Lipinski definition) is 1. The molecular weight excluding hydrogens is 1230 g/mol. The summed E-state index contributed by atoms with van der Waals surface area (Å²) in [5.41, 5.74) is 4.39. The topological polar surface area (TPSA) is 186 Å². The van der Waals surface area contributed by atoms with Crippen molar-refractivity contribution in [2.75, 3.05) is 105 Å². The number of hydrogen-bond acceptors (Lipinski definition) is 16. The summed E-state index contributed by atoms with van der Waals surface area (Å²) in [4.78, 5) is 58.2. The minimum atomic E-state index is -4.45. The molecule has 91 heavy (non-hydrogen) atoms. The third-order valence-electron chi connectivity index (χ3n) is 18.4. The van der Waals surface area contributed by atoms with Crippen LogP contribution in [0.15, 0.2) is 79.4 Å². The molecule has 0 saturated carbocycles. The van der Waals surface area contributed by atoms with E-state index in [9.17, 15) is 42.1 Å². The van der Waals surface area contributed by atoms with Gasteiger partial charge in [-0.05, 0) is 80.8 Å². The Morgan fingerprint density at radius 2 is 1.24 bits per heavy atom. The summed E-state index contributed by atoms with van der Waals surface area (Å²) in [6, 6.07) is 18.2. The summed E-state index contributed by atoms with van der Waals surface area (Å²) in [5, 5.41) is 24.3. The van der Waals surface area contributed by atoms with Crippen LogP contribution in [0.4, 0.5) is 53.7 Å². The lowest BCUT2D eigenvalue weighted by atomic mass is 9.80. The van der Waals surface area contributed by atoms with E-state index < -0.39 is 65.4 Å². The summed E-state index contributed by atoms with van der Waals surface area (Å²) in [6.07, 6.45) is -3.25. The lowest BCUT2D eigenvalue weighted by Gasteiger charge is -2.42. The Bertz CT molecular complexity index is 3960. The fourth-order valence-corrected chi connectivity index (χ4v) is 14.1. The number of benzene rings is 4. The van der Waals surface area contributed by atoms with Gasteiger partial charge >= 0.3 is 18.2 Å². The Labute approximate surface area is 531 Å². The molecule has 1 N–H and O–H groups in total. The van der Waals surface area contributed by atoms with Gasteiger partial charge in [-0.2, -0.15) is 43.6 Å². The normalized spacial score (nSPS) is 20.1. The Hall–Kier alpha value is -8.23. The SMILES string of the molecule is C=C(F)C(=O)N1CCN(c2nc(OCC3CC(c4ccc(N5CCc6c(nc(OCCNCC(F)(F)F)nc6N6CCN(C(=O)C(=C)F)[C@@H](CC#N)C6)C5)c5c(Cl)c(F)ccc45)C(C)(C)N3C)nc3c2CCN(c2cccc4ccc(F)c(Cl)c24)C3)C[C@@H]1CC#N. The van der Waals surface area contributed by atoms with E-state index in [4.69, 9.17) is 52.6 Å². The maximum Gasteiger partial charge on any atom is 0.401 e. The number of nitrogens with one attached hydrogen (secondary N) is 1. The molecule has 2 amide bonds. The molecule has 18 nitrogen and oxygen atoms in total. The van der Waals surface area contributed by atoms with Gasteiger partial charge < -0.3 is 44.2 Å². The second-order valence-corrected chi connectivity index (χ2v) is 24.7. The minimum absolute atomic E-state index is 0.00238. The Balaban J connectivity index is 0.881. The smallest absolute Gasteiger partial charge is 0.401 e. The second-order valence-electron chi connectivity index (χ2n) is 23.9. The number of carbonyl (C=O) groups excluding carboxylic acids is 2. The van der Waals surface area contributed by atoms with Crippen molar-refractivity contribution in [1.29, 1.82) is 10.5 Å². The van der Waals surface area contributed by atoms with Crippen LogP contribution < -0.4 is 34.4 Å². The number of rotatable bonds is 17. The van der Waals surface area contributed by atoms with E-state index in [1.807, 2.05) is 52.1 Å². The quantitative estimate of drug-likeness (QED) is 0.0516. The van der Waals surface area contributed by atoms with Gasteiger partial charge in [0.25, 0.3) is 11.8 Å². The zero-order valence-electron chi connectivity index (χ0n) is 50.2. The summed E-state index contributed by atoms with van der Waals surface area (Å²) < 4.78 is 111. The van der Waals surface area contributed by atoms with Crippen molar-refractivity contribution in [3.63, 3.8) is 0 Å². The van der Waals surface area contributed by atoms with Gasteiger partial charge in [0, 0.05) is 110 Å². The van der Waals surface area contributed by atoms with Crippen molar-refractivity contribution in [2.45, 2.75) is 94.8 Å². The Morgan fingerprint density at radius 1 is 0.703 bits per heavy atom. The zero-order chi connectivity index (χ0) is 64.8. The maximum atomic E-state index is 16.0. The fourth-order valence-electron chi connectivity index (χ4n) is 13.6. The maximum absolute atomic E-state index is 16.0. The molecule has 0 aliphatic carbocycles. The van der Waals surface area contributed by atoms with E-state index in [0.717, 1.165) is 27.8 Å². The highest BCUT2D eigenvalue weighted by atomic mass is 35.5. The molecule has 0 radical (unpaired) electrons. The van der Waals surface area contributed by atoms with Crippen LogP contribution in [0.25, 0.3) is 21.5 Å². The molecule has 0 spiro atoms. The molecule has 4 atom stereocenters.